The number of aromatic nitrogens is 2. The zero-order chi connectivity index (χ0) is 10.9. The molecule has 1 aliphatic carbocycles. The molecule has 1 aromatic rings. The van der Waals surface area contributed by atoms with Crippen LogP contribution in [-0.2, 0) is 13.6 Å². The SMILES string of the molecule is Cn1c(Cl)cnc1CNC1(C)CCCC1. The molecule has 1 heterocycles. The summed E-state index contributed by atoms with van der Waals surface area (Å²) in [4.78, 5) is 4.28. The lowest BCUT2D eigenvalue weighted by molar-refractivity contribution is 0.356. The van der Waals surface area contributed by atoms with Gasteiger partial charge in [-0.2, -0.15) is 0 Å². The highest BCUT2D eigenvalue weighted by atomic mass is 35.5. The van der Waals surface area contributed by atoms with Crippen molar-refractivity contribution in [3.05, 3.63) is 17.2 Å². The van der Waals surface area contributed by atoms with Crippen LogP contribution in [0.2, 0.25) is 5.15 Å². The van der Waals surface area contributed by atoms with Gasteiger partial charge in [-0.15, -0.1) is 0 Å². The van der Waals surface area contributed by atoms with E-state index in [9.17, 15) is 0 Å². The predicted octanol–water partition coefficient (Wildman–Crippen LogP) is 2.50. The average Bonchev–Trinajstić information content (AvgIpc) is 2.75. The van der Waals surface area contributed by atoms with Crippen LogP contribution in [0.25, 0.3) is 0 Å². The van der Waals surface area contributed by atoms with Crippen molar-refractivity contribution in [3.63, 3.8) is 0 Å². The van der Waals surface area contributed by atoms with Gasteiger partial charge < -0.3 is 9.88 Å². The van der Waals surface area contributed by atoms with Crippen molar-refractivity contribution >= 4 is 11.6 Å². The molecular weight excluding hydrogens is 210 g/mol. The molecule has 1 aliphatic rings. The molecular formula is C11H18ClN3. The van der Waals surface area contributed by atoms with Crippen molar-refractivity contribution in [3.8, 4) is 0 Å². The number of halogens is 1. The molecule has 84 valence electrons. The zero-order valence-corrected chi connectivity index (χ0v) is 10.1. The van der Waals surface area contributed by atoms with Crippen LogP contribution in [0.5, 0.6) is 0 Å². The second-order valence-electron chi connectivity index (χ2n) is 4.68. The number of hydrogen-bond donors (Lipinski definition) is 1. The first kappa shape index (κ1) is 11.0. The molecule has 4 heteroatoms. The standard InChI is InChI=1S/C11H18ClN3/c1-11(5-3-4-6-11)14-8-10-13-7-9(12)15(10)2/h7,14H,3-6,8H2,1-2H3. The van der Waals surface area contributed by atoms with Gasteiger partial charge in [-0.05, 0) is 19.8 Å². The maximum absolute atomic E-state index is 5.93. The van der Waals surface area contributed by atoms with Crippen LogP contribution < -0.4 is 5.32 Å². The third-order valence-electron chi connectivity index (χ3n) is 3.41. The minimum absolute atomic E-state index is 0.304. The second-order valence-corrected chi connectivity index (χ2v) is 5.06. The molecule has 0 aromatic carbocycles. The Balaban J connectivity index is 1.95. The molecule has 15 heavy (non-hydrogen) atoms. The van der Waals surface area contributed by atoms with Gasteiger partial charge in [-0.3, -0.25) is 0 Å². The first-order chi connectivity index (χ1) is 7.11. The van der Waals surface area contributed by atoms with E-state index in [0.29, 0.717) is 10.7 Å². The molecule has 3 nitrogen and oxygen atoms in total. The highest BCUT2D eigenvalue weighted by Crippen LogP contribution is 2.29. The van der Waals surface area contributed by atoms with Gasteiger partial charge in [0, 0.05) is 12.6 Å². The zero-order valence-electron chi connectivity index (χ0n) is 9.39. The van der Waals surface area contributed by atoms with Gasteiger partial charge in [-0.25, -0.2) is 4.98 Å². The molecule has 0 radical (unpaired) electrons. The molecule has 0 aliphatic heterocycles. The van der Waals surface area contributed by atoms with E-state index in [-0.39, 0.29) is 0 Å². The van der Waals surface area contributed by atoms with Crippen LogP contribution in [-0.4, -0.2) is 15.1 Å². The summed E-state index contributed by atoms with van der Waals surface area (Å²) in [6, 6.07) is 0. The van der Waals surface area contributed by atoms with E-state index < -0.39 is 0 Å². The molecule has 0 amide bonds. The van der Waals surface area contributed by atoms with Crippen LogP contribution in [0, 0.1) is 0 Å². The van der Waals surface area contributed by atoms with E-state index in [2.05, 4.69) is 17.2 Å². The van der Waals surface area contributed by atoms with E-state index in [0.717, 1.165) is 12.4 Å². The quantitative estimate of drug-likeness (QED) is 0.860. The van der Waals surface area contributed by atoms with E-state index in [1.54, 1.807) is 6.20 Å². The van der Waals surface area contributed by atoms with Crippen LogP contribution in [0.4, 0.5) is 0 Å². The Bertz CT molecular complexity index is 340. The van der Waals surface area contributed by atoms with Gasteiger partial charge in [0.1, 0.15) is 11.0 Å². The fourth-order valence-electron chi connectivity index (χ4n) is 2.21. The smallest absolute Gasteiger partial charge is 0.128 e. The molecule has 0 spiro atoms. The summed E-state index contributed by atoms with van der Waals surface area (Å²) < 4.78 is 1.92. The van der Waals surface area contributed by atoms with Crippen molar-refractivity contribution < 1.29 is 0 Å². The van der Waals surface area contributed by atoms with Crippen LogP contribution in [0.15, 0.2) is 6.20 Å². The van der Waals surface area contributed by atoms with Crippen molar-refractivity contribution in [1.29, 1.82) is 0 Å². The van der Waals surface area contributed by atoms with Crippen molar-refractivity contribution in [2.24, 2.45) is 7.05 Å². The lowest BCUT2D eigenvalue weighted by atomic mass is 10.0. The summed E-state index contributed by atoms with van der Waals surface area (Å²) in [5.41, 5.74) is 0.304. The average molecular weight is 228 g/mol. The maximum Gasteiger partial charge on any atom is 0.128 e. The third-order valence-corrected chi connectivity index (χ3v) is 3.76. The molecule has 0 bridgehead atoms. The highest BCUT2D eigenvalue weighted by molar-refractivity contribution is 6.29. The monoisotopic (exact) mass is 227 g/mol. The lowest BCUT2D eigenvalue weighted by Crippen LogP contribution is -2.39. The van der Waals surface area contributed by atoms with Crippen molar-refractivity contribution in [2.45, 2.75) is 44.7 Å². The summed E-state index contributed by atoms with van der Waals surface area (Å²) in [6.07, 6.45) is 6.92. The Kier molecular flexibility index (Phi) is 3.03. The normalized spacial score (nSPS) is 19.7. The van der Waals surface area contributed by atoms with Gasteiger partial charge in [0.2, 0.25) is 0 Å². The Morgan fingerprint density at radius 3 is 2.73 bits per heavy atom. The molecule has 0 atom stereocenters. The van der Waals surface area contributed by atoms with Gasteiger partial charge in [0.25, 0.3) is 0 Å². The molecule has 1 saturated carbocycles. The summed E-state index contributed by atoms with van der Waals surface area (Å²) in [5, 5.41) is 4.28. The largest absolute Gasteiger partial charge is 0.321 e. The van der Waals surface area contributed by atoms with E-state index in [1.165, 1.54) is 25.7 Å². The fourth-order valence-corrected chi connectivity index (χ4v) is 2.36. The lowest BCUT2D eigenvalue weighted by Gasteiger charge is -2.25. The maximum atomic E-state index is 5.93. The fraction of sp³-hybridized carbons (Fsp3) is 0.727. The molecule has 0 unspecified atom stereocenters. The molecule has 1 fully saturated rings. The van der Waals surface area contributed by atoms with E-state index in [4.69, 9.17) is 11.6 Å². The number of imidazole rings is 1. The third kappa shape index (κ3) is 2.34. The van der Waals surface area contributed by atoms with Gasteiger partial charge in [0.15, 0.2) is 0 Å². The van der Waals surface area contributed by atoms with Crippen molar-refractivity contribution in [2.75, 3.05) is 0 Å². The topological polar surface area (TPSA) is 29.9 Å². The predicted molar refractivity (Wildman–Crippen MR) is 61.9 cm³/mol. The number of hydrogen-bond acceptors (Lipinski definition) is 2. The summed E-state index contributed by atoms with van der Waals surface area (Å²) in [7, 11) is 1.95. The van der Waals surface area contributed by atoms with Gasteiger partial charge in [-0.1, -0.05) is 24.4 Å². The van der Waals surface area contributed by atoms with Crippen LogP contribution in [0.3, 0.4) is 0 Å². The van der Waals surface area contributed by atoms with Gasteiger partial charge in [0.05, 0.1) is 12.7 Å². The van der Waals surface area contributed by atoms with Crippen LogP contribution in [0.1, 0.15) is 38.4 Å². The Labute approximate surface area is 95.8 Å². The highest BCUT2D eigenvalue weighted by Gasteiger charge is 2.27. The minimum Gasteiger partial charge on any atom is -0.321 e. The first-order valence-corrected chi connectivity index (χ1v) is 5.90. The second kappa shape index (κ2) is 4.14. The number of nitrogens with one attached hydrogen (secondary N) is 1. The Morgan fingerprint density at radius 2 is 2.20 bits per heavy atom. The summed E-state index contributed by atoms with van der Waals surface area (Å²) in [5.74, 6) is 1.01. The Hall–Kier alpha value is -0.540. The molecule has 1 N–H and O–H groups in total. The summed E-state index contributed by atoms with van der Waals surface area (Å²) >= 11 is 5.93. The first-order valence-electron chi connectivity index (χ1n) is 5.52. The Morgan fingerprint density at radius 1 is 1.53 bits per heavy atom. The molecule has 1 aromatic heterocycles. The number of nitrogens with zero attached hydrogens (tertiary/aromatic N) is 2. The van der Waals surface area contributed by atoms with Crippen LogP contribution >= 0.6 is 11.6 Å². The molecule has 2 rings (SSSR count). The van der Waals surface area contributed by atoms with E-state index >= 15 is 0 Å². The van der Waals surface area contributed by atoms with Gasteiger partial charge >= 0.3 is 0 Å². The van der Waals surface area contributed by atoms with Crippen molar-refractivity contribution in [1.82, 2.24) is 14.9 Å². The number of rotatable bonds is 3. The summed E-state index contributed by atoms with van der Waals surface area (Å²) in [6.45, 7) is 3.10. The van der Waals surface area contributed by atoms with E-state index in [1.807, 2.05) is 11.6 Å². The molecule has 0 saturated heterocycles. The minimum atomic E-state index is 0.304.